The van der Waals surface area contributed by atoms with Crippen LogP contribution in [0.5, 0.6) is 0 Å². The minimum atomic E-state index is 0.284. The number of rotatable bonds is 6. The number of aryl methyl sites for hydroxylation is 2. The number of nitrogens with zero attached hydrogens (tertiary/aromatic N) is 2. The van der Waals surface area contributed by atoms with Crippen LogP contribution in [0, 0.1) is 5.92 Å². The topological polar surface area (TPSA) is 53.1 Å². The summed E-state index contributed by atoms with van der Waals surface area (Å²) in [6, 6.07) is 0. The summed E-state index contributed by atoms with van der Waals surface area (Å²) in [4.78, 5) is 0. The summed E-state index contributed by atoms with van der Waals surface area (Å²) in [5.74, 6) is 0.502. The third-order valence-corrected chi connectivity index (χ3v) is 4.46. The van der Waals surface area contributed by atoms with Gasteiger partial charge in [0.1, 0.15) is 0 Å². The third-order valence-electron chi connectivity index (χ3n) is 4.02. The fourth-order valence-corrected chi connectivity index (χ4v) is 3.16. The van der Waals surface area contributed by atoms with E-state index in [0.717, 1.165) is 35.8 Å². The van der Waals surface area contributed by atoms with Crippen LogP contribution >= 0.6 is 11.6 Å². The number of ether oxygens (including phenoxy) is 1. The molecule has 1 fully saturated rings. The summed E-state index contributed by atoms with van der Waals surface area (Å²) in [7, 11) is 0. The molecule has 2 unspecified atom stereocenters. The summed E-state index contributed by atoms with van der Waals surface area (Å²) < 4.78 is 8.00. The molecule has 1 saturated carbocycles. The zero-order valence-corrected chi connectivity index (χ0v) is 12.6. The Balaban J connectivity index is 2.04. The molecular formula is C14H24ClN3O. The van der Waals surface area contributed by atoms with Crippen LogP contribution < -0.4 is 5.73 Å². The van der Waals surface area contributed by atoms with Gasteiger partial charge in [0.15, 0.2) is 0 Å². The van der Waals surface area contributed by atoms with E-state index in [0.29, 0.717) is 19.1 Å². The molecule has 0 bridgehead atoms. The number of hydrogen-bond acceptors (Lipinski definition) is 3. The zero-order valence-electron chi connectivity index (χ0n) is 11.9. The third kappa shape index (κ3) is 3.12. The summed E-state index contributed by atoms with van der Waals surface area (Å²) in [6.45, 7) is 6.22. The molecule has 1 aliphatic rings. The first-order valence-corrected chi connectivity index (χ1v) is 7.64. The van der Waals surface area contributed by atoms with Gasteiger partial charge in [-0.05, 0) is 38.6 Å². The zero-order chi connectivity index (χ0) is 13.8. The molecule has 0 radical (unpaired) electrons. The molecule has 5 heteroatoms. The molecule has 19 heavy (non-hydrogen) atoms. The normalized spacial score (nSPS) is 23.2. The van der Waals surface area contributed by atoms with Crippen LogP contribution in [0.15, 0.2) is 0 Å². The van der Waals surface area contributed by atoms with Crippen LogP contribution in [-0.4, -0.2) is 22.4 Å². The summed E-state index contributed by atoms with van der Waals surface area (Å²) in [5, 5.41) is 5.28. The van der Waals surface area contributed by atoms with Crippen molar-refractivity contribution in [3.63, 3.8) is 0 Å². The number of halogens is 1. The van der Waals surface area contributed by atoms with E-state index >= 15 is 0 Å². The second-order valence-corrected chi connectivity index (χ2v) is 5.53. The molecule has 108 valence electrons. The summed E-state index contributed by atoms with van der Waals surface area (Å²) >= 11 is 6.38. The first-order chi connectivity index (χ1) is 9.21. The Morgan fingerprint density at radius 2 is 2.21 bits per heavy atom. The monoisotopic (exact) mass is 285 g/mol. The van der Waals surface area contributed by atoms with Crippen LogP contribution in [0.1, 0.15) is 44.5 Å². The van der Waals surface area contributed by atoms with E-state index in [-0.39, 0.29) is 6.10 Å². The Hall–Kier alpha value is -0.580. The van der Waals surface area contributed by atoms with Crippen molar-refractivity contribution in [3.05, 3.63) is 16.4 Å². The Morgan fingerprint density at radius 3 is 2.84 bits per heavy atom. The van der Waals surface area contributed by atoms with E-state index in [1.807, 2.05) is 4.68 Å². The van der Waals surface area contributed by atoms with Crippen molar-refractivity contribution in [3.8, 4) is 0 Å². The van der Waals surface area contributed by atoms with Crippen molar-refractivity contribution in [1.82, 2.24) is 9.78 Å². The quantitative estimate of drug-likeness (QED) is 0.874. The van der Waals surface area contributed by atoms with Gasteiger partial charge in [-0.3, -0.25) is 4.68 Å². The first kappa shape index (κ1) is 14.8. The number of hydrogen-bond donors (Lipinski definition) is 1. The Bertz CT molecular complexity index is 419. The van der Waals surface area contributed by atoms with Crippen LogP contribution in [0.4, 0.5) is 0 Å². The average molecular weight is 286 g/mol. The highest BCUT2D eigenvalue weighted by Crippen LogP contribution is 2.29. The molecule has 0 spiro atoms. The van der Waals surface area contributed by atoms with E-state index in [9.17, 15) is 0 Å². The summed E-state index contributed by atoms with van der Waals surface area (Å²) in [6.07, 6.45) is 4.65. The van der Waals surface area contributed by atoms with Crippen LogP contribution in [-0.2, 0) is 24.3 Å². The average Bonchev–Trinajstić information content (AvgIpc) is 3.00. The van der Waals surface area contributed by atoms with E-state index in [1.54, 1.807) is 0 Å². The van der Waals surface area contributed by atoms with Gasteiger partial charge in [-0.1, -0.05) is 24.9 Å². The predicted octanol–water partition coefficient (Wildman–Crippen LogP) is 2.76. The van der Waals surface area contributed by atoms with Crippen molar-refractivity contribution in [2.75, 3.05) is 6.54 Å². The van der Waals surface area contributed by atoms with E-state index in [4.69, 9.17) is 22.1 Å². The highest BCUT2D eigenvalue weighted by atomic mass is 35.5. The van der Waals surface area contributed by atoms with Gasteiger partial charge in [0.25, 0.3) is 0 Å². The molecule has 4 nitrogen and oxygen atoms in total. The molecule has 2 rings (SSSR count). The number of aromatic nitrogens is 2. The van der Waals surface area contributed by atoms with Gasteiger partial charge in [-0.2, -0.15) is 5.10 Å². The van der Waals surface area contributed by atoms with Gasteiger partial charge < -0.3 is 10.5 Å². The molecular weight excluding hydrogens is 262 g/mol. The highest BCUT2D eigenvalue weighted by Gasteiger charge is 2.27. The van der Waals surface area contributed by atoms with Gasteiger partial charge in [-0.15, -0.1) is 0 Å². The molecule has 1 aliphatic carbocycles. The lowest BCUT2D eigenvalue weighted by Crippen LogP contribution is -2.25. The molecule has 2 atom stereocenters. The van der Waals surface area contributed by atoms with Crippen molar-refractivity contribution in [1.29, 1.82) is 0 Å². The van der Waals surface area contributed by atoms with Crippen molar-refractivity contribution in [2.24, 2.45) is 11.7 Å². The summed E-state index contributed by atoms with van der Waals surface area (Å²) in [5.41, 5.74) is 7.75. The van der Waals surface area contributed by atoms with Gasteiger partial charge in [-0.25, -0.2) is 0 Å². The molecule has 1 aromatic heterocycles. The Morgan fingerprint density at radius 1 is 1.42 bits per heavy atom. The maximum atomic E-state index is 6.38. The Labute approximate surface area is 120 Å². The van der Waals surface area contributed by atoms with Crippen LogP contribution in [0.3, 0.4) is 0 Å². The van der Waals surface area contributed by atoms with E-state index < -0.39 is 0 Å². The molecule has 1 aromatic rings. The van der Waals surface area contributed by atoms with Gasteiger partial charge in [0.2, 0.25) is 0 Å². The first-order valence-electron chi connectivity index (χ1n) is 7.26. The van der Waals surface area contributed by atoms with Crippen molar-refractivity contribution < 1.29 is 4.74 Å². The lowest BCUT2D eigenvalue weighted by atomic mass is 10.1. The highest BCUT2D eigenvalue weighted by molar-refractivity contribution is 6.31. The smallest absolute Gasteiger partial charge is 0.0903 e. The Kier molecular flexibility index (Phi) is 5.25. The fraction of sp³-hybridized carbons (Fsp3) is 0.786. The van der Waals surface area contributed by atoms with Crippen molar-refractivity contribution in [2.45, 2.75) is 58.8 Å². The molecule has 0 amide bonds. The lowest BCUT2D eigenvalue weighted by Gasteiger charge is -2.19. The minimum Gasteiger partial charge on any atom is -0.372 e. The molecule has 0 aromatic carbocycles. The maximum Gasteiger partial charge on any atom is 0.0903 e. The molecule has 0 saturated heterocycles. The predicted molar refractivity (Wildman–Crippen MR) is 77.3 cm³/mol. The van der Waals surface area contributed by atoms with Gasteiger partial charge >= 0.3 is 0 Å². The molecule has 2 N–H and O–H groups in total. The van der Waals surface area contributed by atoms with Crippen LogP contribution in [0.25, 0.3) is 0 Å². The molecule has 1 heterocycles. The lowest BCUT2D eigenvalue weighted by molar-refractivity contribution is 0.0149. The van der Waals surface area contributed by atoms with E-state index in [1.165, 1.54) is 12.8 Å². The fourth-order valence-electron chi connectivity index (χ4n) is 2.83. The number of nitrogens with two attached hydrogens (primary N) is 1. The van der Waals surface area contributed by atoms with Gasteiger partial charge in [0, 0.05) is 6.54 Å². The second kappa shape index (κ2) is 6.73. The SMILES string of the molecule is CCc1nn(CC)c(COC2CCCC2CN)c1Cl. The largest absolute Gasteiger partial charge is 0.372 e. The van der Waals surface area contributed by atoms with E-state index in [2.05, 4.69) is 18.9 Å². The van der Waals surface area contributed by atoms with Gasteiger partial charge in [0.05, 0.1) is 29.1 Å². The maximum absolute atomic E-state index is 6.38. The second-order valence-electron chi connectivity index (χ2n) is 5.15. The minimum absolute atomic E-state index is 0.284. The van der Waals surface area contributed by atoms with Crippen molar-refractivity contribution >= 4 is 11.6 Å². The van der Waals surface area contributed by atoms with Crippen LogP contribution in [0.2, 0.25) is 5.02 Å². The standard InChI is InChI=1S/C14H24ClN3O/c1-3-11-14(15)12(18(4-2)17-11)9-19-13-7-5-6-10(13)8-16/h10,13H,3-9,16H2,1-2H3. The molecule has 0 aliphatic heterocycles.